The van der Waals surface area contributed by atoms with Crippen LogP contribution < -0.4 is 5.32 Å². The number of ether oxygens (including phenoxy) is 1. The number of nitriles is 1. The van der Waals surface area contributed by atoms with E-state index < -0.39 is 0 Å². The Morgan fingerprint density at radius 2 is 2.00 bits per heavy atom. The van der Waals surface area contributed by atoms with Crippen LogP contribution in [0.2, 0.25) is 0 Å². The fourth-order valence-corrected chi connectivity index (χ4v) is 2.95. The van der Waals surface area contributed by atoms with Gasteiger partial charge in [0.2, 0.25) is 0 Å². The second-order valence-electron chi connectivity index (χ2n) is 5.52. The normalized spacial score (nSPS) is 18.3. The van der Waals surface area contributed by atoms with E-state index in [9.17, 15) is 5.26 Å². The molecule has 0 bridgehead atoms. The van der Waals surface area contributed by atoms with Gasteiger partial charge in [0.1, 0.15) is 0 Å². The minimum Gasteiger partial charge on any atom is -0.384 e. The Morgan fingerprint density at radius 1 is 1.14 bits per heavy atom. The van der Waals surface area contributed by atoms with Gasteiger partial charge in [-0.1, -0.05) is 24.3 Å². The molecule has 1 aliphatic heterocycles. The predicted molar refractivity (Wildman–Crippen MR) is 85.4 cm³/mol. The quantitative estimate of drug-likeness (QED) is 0.917. The van der Waals surface area contributed by atoms with Crippen molar-refractivity contribution >= 4 is 16.5 Å². The molecular formula is C18H20N2O. The van der Waals surface area contributed by atoms with Crippen molar-refractivity contribution in [3.8, 4) is 6.07 Å². The maximum Gasteiger partial charge on any atom is 0.0998 e. The van der Waals surface area contributed by atoms with Crippen molar-refractivity contribution < 1.29 is 4.74 Å². The fraction of sp³-hybridized carbons (Fsp3) is 0.389. The highest BCUT2D eigenvalue weighted by molar-refractivity contribution is 5.97. The van der Waals surface area contributed by atoms with Crippen LogP contribution in [0, 0.1) is 11.3 Å². The molecule has 2 aromatic rings. The second kappa shape index (κ2) is 6.60. The van der Waals surface area contributed by atoms with Gasteiger partial charge in [0.25, 0.3) is 0 Å². The van der Waals surface area contributed by atoms with Gasteiger partial charge in [-0.3, -0.25) is 0 Å². The molecule has 0 aromatic heterocycles. The number of anilines is 1. The van der Waals surface area contributed by atoms with Crippen molar-refractivity contribution in [2.45, 2.75) is 31.8 Å². The molecule has 1 fully saturated rings. The largest absolute Gasteiger partial charge is 0.384 e. The topological polar surface area (TPSA) is 45.0 Å². The summed E-state index contributed by atoms with van der Waals surface area (Å²) < 4.78 is 5.76. The number of hydrogen-bond donors (Lipinski definition) is 1. The summed E-state index contributed by atoms with van der Waals surface area (Å²) >= 11 is 0. The Labute approximate surface area is 125 Å². The summed E-state index contributed by atoms with van der Waals surface area (Å²) in [6.07, 6.45) is 5.09. The molecule has 3 rings (SSSR count). The van der Waals surface area contributed by atoms with Crippen molar-refractivity contribution in [2.24, 2.45) is 0 Å². The van der Waals surface area contributed by atoms with Gasteiger partial charge in [0, 0.05) is 29.6 Å². The van der Waals surface area contributed by atoms with Gasteiger partial charge in [-0.2, -0.15) is 5.26 Å². The fourth-order valence-electron chi connectivity index (χ4n) is 2.95. The minimum absolute atomic E-state index is 0.399. The third-order valence-electron chi connectivity index (χ3n) is 4.10. The van der Waals surface area contributed by atoms with Crippen LogP contribution in [0.25, 0.3) is 10.8 Å². The molecule has 3 heteroatoms. The first-order valence-electron chi connectivity index (χ1n) is 7.66. The summed E-state index contributed by atoms with van der Waals surface area (Å²) in [4.78, 5) is 0. The molecule has 0 radical (unpaired) electrons. The number of nitrogens with zero attached hydrogens (tertiary/aromatic N) is 1. The Morgan fingerprint density at radius 3 is 2.76 bits per heavy atom. The van der Waals surface area contributed by atoms with Gasteiger partial charge in [-0.15, -0.1) is 0 Å². The molecule has 1 aliphatic rings. The second-order valence-corrected chi connectivity index (χ2v) is 5.52. The number of nitrogens with one attached hydrogen (secondary N) is 1. The van der Waals surface area contributed by atoms with Gasteiger partial charge in [-0.25, -0.2) is 0 Å². The Bertz CT molecular complexity index is 654. The van der Waals surface area contributed by atoms with E-state index in [0.29, 0.717) is 6.10 Å². The van der Waals surface area contributed by atoms with Crippen molar-refractivity contribution in [3.05, 3.63) is 42.0 Å². The van der Waals surface area contributed by atoms with E-state index in [-0.39, 0.29) is 0 Å². The number of fused-ring (bicyclic) bond motifs is 1. The maximum absolute atomic E-state index is 9.19. The Hall–Kier alpha value is -2.05. The molecule has 0 amide bonds. The Kier molecular flexibility index (Phi) is 4.37. The molecule has 21 heavy (non-hydrogen) atoms. The maximum atomic E-state index is 9.19. The molecule has 1 saturated heterocycles. The third kappa shape index (κ3) is 3.17. The summed E-state index contributed by atoms with van der Waals surface area (Å²) in [7, 11) is 0. The van der Waals surface area contributed by atoms with E-state index in [4.69, 9.17) is 4.74 Å². The first-order chi connectivity index (χ1) is 10.4. The summed E-state index contributed by atoms with van der Waals surface area (Å²) in [5.41, 5.74) is 1.83. The van der Waals surface area contributed by atoms with Crippen molar-refractivity contribution in [2.75, 3.05) is 18.5 Å². The summed E-state index contributed by atoms with van der Waals surface area (Å²) in [5.74, 6) is 0. The molecule has 1 unspecified atom stereocenters. The van der Waals surface area contributed by atoms with Gasteiger partial charge >= 0.3 is 0 Å². The average molecular weight is 280 g/mol. The number of benzene rings is 2. The minimum atomic E-state index is 0.399. The van der Waals surface area contributed by atoms with E-state index in [0.717, 1.165) is 41.6 Å². The van der Waals surface area contributed by atoms with E-state index in [2.05, 4.69) is 17.5 Å². The van der Waals surface area contributed by atoms with Crippen molar-refractivity contribution in [3.63, 3.8) is 0 Å². The molecule has 108 valence electrons. The highest BCUT2D eigenvalue weighted by Crippen LogP contribution is 2.26. The summed E-state index contributed by atoms with van der Waals surface area (Å²) in [6.45, 7) is 1.81. The SMILES string of the molecule is N#Cc1ccc(NCCC2CCCCO2)c2ccccc12. The first-order valence-corrected chi connectivity index (χ1v) is 7.66. The molecular weight excluding hydrogens is 260 g/mol. The zero-order valence-corrected chi connectivity index (χ0v) is 12.1. The Balaban J connectivity index is 1.71. The van der Waals surface area contributed by atoms with Gasteiger partial charge in [0.15, 0.2) is 0 Å². The molecule has 1 heterocycles. The highest BCUT2D eigenvalue weighted by atomic mass is 16.5. The van der Waals surface area contributed by atoms with Gasteiger partial charge in [-0.05, 0) is 37.8 Å². The number of hydrogen-bond acceptors (Lipinski definition) is 3. The van der Waals surface area contributed by atoms with Crippen LogP contribution in [0.1, 0.15) is 31.2 Å². The van der Waals surface area contributed by atoms with Crippen LogP contribution in [0.4, 0.5) is 5.69 Å². The predicted octanol–water partition coefficient (Wildman–Crippen LogP) is 4.08. The summed E-state index contributed by atoms with van der Waals surface area (Å²) in [6, 6.07) is 14.2. The number of rotatable bonds is 4. The van der Waals surface area contributed by atoms with Crippen LogP contribution in [-0.4, -0.2) is 19.3 Å². The molecule has 0 spiro atoms. The zero-order valence-electron chi connectivity index (χ0n) is 12.1. The highest BCUT2D eigenvalue weighted by Gasteiger charge is 2.13. The lowest BCUT2D eigenvalue weighted by Gasteiger charge is -2.22. The van der Waals surface area contributed by atoms with Gasteiger partial charge in [0.05, 0.1) is 17.7 Å². The molecule has 1 N–H and O–H groups in total. The standard InChI is InChI=1S/C18H20N2O/c19-13-14-8-9-18(17-7-2-1-6-16(14)17)20-11-10-15-5-3-4-12-21-15/h1-2,6-9,15,20H,3-5,10-12H2. The van der Waals surface area contributed by atoms with Gasteiger partial charge < -0.3 is 10.1 Å². The first kappa shape index (κ1) is 13.9. The van der Waals surface area contributed by atoms with Crippen LogP contribution in [0.15, 0.2) is 36.4 Å². The molecule has 0 aliphatic carbocycles. The van der Waals surface area contributed by atoms with Crippen LogP contribution in [-0.2, 0) is 4.74 Å². The smallest absolute Gasteiger partial charge is 0.0998 e. The lowest BCUT2D eigenvalue weighted by molar-refractivity contribution is 0.0134. The van der Waals surface area contributed by atoms with Crippen LogP contribution in [0.3, 0.4) is 0 Å². The third-order valence-corrected chi connectivity index (χ3v) is 4.10. The zero-order chi connectivity index (χ0) is 14.5. The van der Waals surface area contributed by atoms with E-state index in [1.54, 1.807) is 0 Å². The van der Waals surface area contributed by atoms with Crippen LogP contribution >= 0.6 is 0 Å². The molecule has 3 nitrogen and oxygen atoms in total. The van der Waals surface area contributed by atoms with Crippen molar-refractivity contribution in [1.82, 2.24) is 0 Å². The summed E-state index contributed by atoms with van der Waals surface area (Å²) in [5, 5.41) is 14.8. The monoisotopic (exact) mass is 280 g/mol. The lowest BCUT2D eigenvalue weighted by Crippen LogP contribution is -2.22. The molecule has 1 atom stereocenters. The molecule has 0 saturated carbocycles. The van der Waals surface area contributed by atoms with E-state index in [1.807, 2.05) is 30.3 Å². The van der Waals surface area contributed by atoms with E-state index >= 15 is 0 Å². The lowest BCUT2D eigenvalue weighted by atomic mass is 10.0. The van der Waals surface area contributed by atoms with E-state index in [1.165, 1.54) is 19.3 Å². The average Bonchev–Trinajstić information content (AvgIpc) is 2.56. The molecule has 2 aromatic carbocycles. The van der Waals surface area contributed by atoms with Crippen LogP contribution in [0.5, 0.6) is 0 Å². The van der Waals surface area contributed by atoms with Crippen molar-refractivity contribution in [1.29, 1.82) is 5.26 Å².